The zero-order valence-corrected chi connectivity index (χ0v) is 12.8. The molecule has 0 aliphatic heterocycles. The summed E-state index contributed by atoms with van der Waals surface area (Å²) in [7, 11) is 1.68. The van der Waals surface area contributed by atoms with Crippen LogP contribution in [0.3, 0.4) is 0 Å². The summed E-state index contributed by atoms with van der Waals surface area (Å²) in [5.74, 6) is 0.0141. The average Bonchev–Trinajstić information content (AvgIpc) is 2.64. The van der Waals surface area contributed by atoms with E-state index in [0.29, 0.717) is 5.56 Å². The molecule has 0 fully saturated rings. The van der Waals surface area contributed by atoms with Crippen LogP contribution in [-0.2, 0) is 0 Å². The Morgan fingerprint density at radius 3 is 1.65 bits per heavy atom. The van der Waals surface area contributed by atoms with E-state index < -0.39 is 5.97 Å². The smallest absolute Gasteiger partial charge is 0.335 e. The third-order valence-corrected chi connectivity index (χ3v) is 3.22. The third kappa shape index (κ3) is 5.00. The van der Waals surface area contributed by atoms with Crippen molar-refractivity contribution in [3.63, 3.8) is 0 Å². The van der Waals surface area contributed by atoms with Gasteiger partial charge in [0.15, 0.2) is 0 Å². The molecule has 0 unspecified atom stereocenters. The maximum atomic E-state index is 10.2. The molecule has 0 bridgehead atoms. The number of methoxy groups -OCH3 is 1. The van der Waals surface area contributed by atoms with E-state index in [4.69, 9.17) is 9.84 Å². The Kier molecular flexibility index (Phi) is 5.95. The molecule has 3 nitrogen and oxygen atoms in total. The van der Waals surface area contributed by atoms with Crippen LogP contribution in [0.25, 0.3) is 11.1 Å². The Labute approximate surface area is 135 Å². The number of benzene rings is 3. The molecule has 0 saturated heterocycles. The molecule has 0 heterocycles. The number of rotatable bonds is 3. The number of carbonyl (C=O) groups is 1. The summed E-state index contributed by atoms with van der Waals surface area (Å²) in [6.45, 7) is 0. The Bertz CT molecular complexity index is 720. The monoisotopic (exact) mass is 306 g/mol. The zero-order chi connectivity index (χ0) is 16.5. The highest BCUT2D eigenvalue weighted by molar-refractivity contribution is 5.87. The van der Waals surface area contributed by atoms with Crippen molar-refractivity contribution in [1.82, 2.24) is 0 Å². The molecule has 0 radical (unpaired) electrons. The second-order valence-corrected chi connectivity index (χ2v) is 4.77. The van der Waals surface area contributed by atoms with Crippen molar-refractivity contribution in [3.05, 3.63) is 90.5 Å². The van der Waals surface area contributed by atoms with Gasteiger partial charge in [0.2, 0.25) is 0 Å². The average molecular weight is 306 g/mol. The quantitative estimate of drug-likeness (QED) is 0.759. The van der Waals surface area contributed by atoms with Gasteiger partial charge in [-0.3, -0.25) is 0 Å². The predicted octanol–water partition coefficient (Wildman–Crippen LogP) is 4.75. The fourth-order valence-corrected chi connectivity index (χ4v) is 1.99. The molecule has 1 N–H and O–H groups in total. The highest BCUT2D eigenvalue weighted by atomic mass is 16.5. The van der Waals surface area contributed by atoms with Crippen molar-refractivity contribution in [2.75, 3.05) is 7.11 Å². The van der Waals surface area contributed by atoms with E-state index in [1.165, 1.54) is 11.1 Å². The molecule has 3 rings (SSSR count). The lowest BCUT2D eigenvalue weighted by molar-refractivity contribution is 0.0697. The first-order chi connectivity index (χ1) is 11.2. The molecule has 3 aromatic carbocycles. The largest absolute Gasteiger partial charge is 0.497 e. The molecule has 3 aromatic rings. The second kappa shape index (κ2) is 8.39. The van der Waals surface area contributed by atoms with Crippen molar-refractivity contribution in [2.45, 2.75) is 0 Å². The van der Waals surface area contributed by atoms with Crippen LogP contribution >= 0.6 is 0 Å². The Balaban J connectivity index is 0.000000185. The molecule has 0 amide bonds. The highest BCUT2D eigenvalue weighted by Crippen LogP contribution is 2.21. The topological polar surface area (TPSA) is 46.5 Å². The predicted molar refractivity (Wildman–Crippen MR) is 91.8 cm³/mol. The molecular formula is C20H18O3. The van der Waals surface area contributed by atoms with Crippen LogP contribution in [0.1, 0.15) is 10.4 Å². The van der Waals surface area contributed by atoms with E-state index in [2.05, 4.69) is 24.3 Å². The Morgan fingerprint density at radius 1 is 0.739 bits per heavy atom. The number of ether oxygens (including phenoxy) is 1. The molecule has 116 valence electrons. The van der Waals surface area contributed by atoms with Crippen LogP contribution in [0, 0.1) is 0 Å². The maximum Gasteiger partial charge on any atom is 0.335 e. The van der Waals surface area contributed by atoms with Gasteiger partial charge < -0.3 is 9.84 Å². The molecule has 0 aliphatic rings. The summed E-state index contributed by atoms with van der Waals surface area (Å²) >= 11 is 0. The maximum absolute atomic E-state index is 10.2. The van der Waals surface area contributed by atoms with Crippen LogP contribution < -0.4 is 4.74 Å². The van der Waals surface area contributed by atoms with E-state index in [0.717, 1.165) is 5.75 Å². The minimum absolute atomic E-state index is 0.331. The Morgan fingerprint density at radius 2 is 1.22 bits per heavy atom. The van der Waals surface area contributed by atoms with Crippen LogP contribution in [0.2, 0.25) is 0 Å². The first-order valence-electron chi connectivity index (χ1n) is 7.18. The second-order valence-electron chi connectivity index (χ2n) is 4.77. The fourth-order valence-electron chi connectivity index (χ4n) is 1.99. The lowest BCUT2D eigenvalue weighted by Gasteiger charge is -2.02. The normalized spacial score (nSPS) is 9.43. The number of hydrogen-bond donors (Lipinski definition) is 1. The van der Waals surface area contributed by atoms with E-state index in [9.17, 15) is 4.79 Å². The molecule has 0 saturated carbocycles. The number of aromatic carboxylic acids is 1. The van der Waals surface area contributed by atoms with Crippen molar-refractivity contribution in [2.24, 2.45) is 0 Å². The standard InChI is InChI=1S/C13H12O.C7H6O2/c1-14-13-9-7-12(8-10-13)11-5-3-2-4-6-11;8-7(9)6-4-2-1-3-5-6/h2-10H,1H3;1-5H,(H,8,9). The van der Waals surface area contributed by atoms with Gasteiger partial charge in [-0.2, -0.15) is 0 Å². The molecule has 0 aliphatic carbocycles. The van der Waals surface area contributed by atoms with Gasteiger partial charge in [-0.25, -0.2) is 4.79 Å². The number of carboxylic acid groups (broad SMARTS) is 1. The minimum Gasteiger partial charge on any atom is -0.497 e. The molecule has 0 aromatic heterocycles. The van der Waals surface area contributed by atoms with Gasteiger partial charge in [-0.05, 0) is 35.4 Å². The highest BCUT2D eigenvalue weighted by Gasteiger charge is 1.97. The van der Waals surface area contributed by atoms with E-state index in [-0.39, 0.29) is 0 Å². The van der Waals surface area contributed by atoms with E-state index >= 15 is 0 Å². The Hall–Kier alpha value is -3.07. The van der Waals surface area contributed by atoms with Crippen LogP contribution in [0.5, 0.6) is 5.75 Å². The van der Waals surface area contributed by atoms with Gasteiger partial charge >= 0.3 is 5.97 Å². The first-order valence-corrected chi connectivity index (χ1v) is 7.18. The summed E-state index contributed by atoms with van der Waals surface area (Å²) in [4.78, 5) is 10.2. The van der Waals surface area contributed by atoms with Gasteiger partial charge in [0, 0.05) is 0 Å². The van der Waals surface area contributed by atoms with Crippen LogP contribution in [-0.4, -0.2) is 18.2 Å². The first kappa shape index (κ1) is 16.3. The minimum atomic E-state index is -0.879. The van der Waals surface area contributed by atoms with Gasteiger partial charge in [0.1, 0.15) is 5.75 Å². The molecule has 0 atom stereocenters. The number of carboxylic acids is 1. The summed E-state index contributed by atoms with van der Waals surface area (Å²) in [5.41, 5.74) is 2.78. The van der Waals surface area contributed by atoms with E-state index in [1.54, 1.807) is 37.4 Å². The van der Waals surface area contributed by atoms with Crippen LogP contribution in [0.4, 0.5) is 0 Å². The molecular weight excluding hydrogens is 288 g/mol. The van der Waals surface area contributed by atoms with E-state index in [1.807, 2.05) is 30.3 Å². The SMILES string of the molecule is COc1ccc(-c2ccccc2)cc1.O=C(O)c1ccccc1. The van der Waals surface area contributed by atoms with Gasteiger partial charge in [0.25, 0.3) is 0 Å². The van der Waals surface area contributed by atoms with Crippen molar-refractivity contribution in [3.8, 4) is 16.9 Å². The summed E-state index contributed by atoms with van der Waals surface area (Å²) in [6, 6.07) is 26.7. The third-order valence-electron chi connectivity index (χ3n) is 3.22. The fraction of sp³-hybridized carbons (Fsp3) is 0.0500. The molecule has 0 spiro atoms. The summed E-state index contributed by atoms with van der Waals surface area (Å²) < 4.78 is 5.11. The lowest BCUT2D eigenvalue weighted by atomic mass is 10.1. The van der Waals surface area contributed by atoms with Gasteiger partial charge in [-0.1, -0.05) is 60.7 Å². The molecule has 3 heteroatoms. The number of hydrogen-bond acceptors (Lipinski definition) is 2. The zero-order valence-electron chi connectivity index (χ0n) is 12.8. The summed E-state index contributed by atoms with van der Waals surface area (Å²) in [6.07, 6.45) is 0. The van der Waals surface area contributed by atoms with Crippen molar-refractivity contribution in [1.29, 1.82) is 0 Å². The molecule has 23 heavy (non-hydrogen) atoms. The van der Waals surface area contributed by atoms with Gasteiger partial charge in [-0.15, -0.1) is 0 Å². The lowest BCUT2D eigenvalue weighted by Crippen LogP contribution is -1.93. The van der Waals surface area contributed by atoms with Crippen molar-refractivity contribution < 1.29 is 14.6 Å². The van der Waals surface area contributed by atoms with Crippen molar-refractivity contribution >= 4 is 5.97 Å². The summed E-state index contributed by atoms with van der Waals surface area (Å²) in [5, 5.41) is 8.38. The van der Waals surface area contributed by atoms with Crippen LogP contribution in [0.15, 0.2) is 84.9 Å². The van der Waals surface area contributed by atoms with Gasteiger partial charge in [0.05, 0.1) is 12.7 Å².